The lowest BCUT2D eigenvalue weighted by Gasteiger charge is -2.26. The van der Waals surface area contributed by atoms with E-state index in [0.29, 0.717) is 11.5 Å². The van der Waals surface area contributed by atoms with Crippen LogP contribution in [0.4, 0.5) is 4.79 Å². The van der Waals surface area contributed by atoms with E-state index < -0.39 is 6.16 Å². The highest BCUT2D eigenvalue weighted by Crippen LogP contribution is 2.35. The third-order valence-electron chi connectivity index (χ3n) is 5.68. The fourth-order valence-corrected chi connectivity index (χ4v) is 3.26. The zero-order chi connectivity index (χ0) is 24.7. The molecule has 2 aromatic carbocycles. The highest BCUT2D eigenvalue weighted by atomic mass is 16.7. The standard InChI is InChI=1S/C29H42O3/c1-26(2,3)19-13-20(27(4,5)6)16-23(15-19)31-25(30)32-24-17-21(28(7,8)9)14-22(18-24)29(10,11)12/h13-18H,1-12H3. The summed E-state index contributed by atoms with van der Waals surface area (Å²) in [5.41, 5.74) is 4.24. The predicted octanol–water partition coefficient (Wildman–Crippen LogP) is 8.45. The molecule has 0 saturated heterocycles. The van der Waals surface area contributed by atoms with Gasteiger partial charge in [-0.25, -0.2) is 4.79 Å². The first kappa shape index (κ1) is 26.0. The van der Waals surface area contributed by atoms with Gasteiger partial charge in [0.15, 0.2) is 0 Å². The summed E-state index contributed by atoms with van der Waals surface area (Å²) < 4.78 is 11.4. The molecule has 2 aromatic rings. The van der Waals surface area contributed by atoms with E-state index in [1.54, 1.807) is 0 Å². The smallest absolute Gasteiger partial charge is 0.395 e. The SMILES string of the molecule is CC(C)(C)c1cc(OC(=O)Oc2cc(C(C)(C)C)cc(C(C)(C)C)c2)cc(C(C)(C)C)c1. The summed E-state index contributed by atoms with van der Waals surface area (Å²) >= 11 is 0. The molecule has 0 aliphatic rings. The molecule has 0 amide bonds. The molecule has 3 heteroatoms. The second-order valence-electron chi connectivity index (χ2n) is 12.9. The van der Waals surface area contributed by atoms with Crippen LogP contribution in [0.3, 0.4) is 0 Å². The van der Waals surface area contributed by atoms with Gasteiger partial charge < -0.3 is 9.47 Å². The van der Waals surface area contributed by atoms with Crippen molar-refractivity contribution in [3.8, 4) is 11.5 Å². The quantitative estimate of drug-likeness (QED) is 0.348. The molecular weight excluding hydrogens is 396 g/mol. The molecule has 3 nitrogen and oxygen atoms in total. The van der Waals surface area contributed by atoms with E-state index in [9.17, 15) is 4.79 Å². The molecule has 0 saturated carbocycles. The lowest BCUT2D eigenvalue weighted by Crippen LogP contribution is -2.20. The van der Waals surface area contributed by atoms with Gasteiger partial charge in [-0.3, -0.25) is 0 Å². The van der Waals surface area contributed by atoms with Crippen LogP contribution in [0.25, 0.3) is 0 Å². The van der Waals surface area contributed by atoms with Gasteiger partial charge in [0, 0.05) is 0 Å². The van der Waals surface area contributed by atoms with Crippen LogP contribution < -0.4 is 9.47 Å². The Hall–Kier alpha value is -2.29. The summed E-state index contributed by atoms with van der Waals surface area (Å²) in [7, 11) is 0. The average Bonchev–Trinajstić information content (AvgIpc) is 2.58. The molecule has 0 atom stereocenters. The van der Waals surface area contributed by atoms with E-state index in [4.69, 9.17) is 9.47 Å². The van der Waals surface area contributed by atoms with Crippen LogP contribution in [-0.4, -0.2) is 6.16 Å². The summed E-state index contributed by atoms with van der Waals surface area (Å²) in [6.07, 6.45) is -0.721. The summed E-state index contributed by atoms with van der Waals surface area (Å²) in [5, 5.41) is 0. The van der Waals surface area contributed by atoms with Gasteiger partial charge in [-0.15, -0.1) is 0 Å². The number of ether oxygens (including phenoxy) is 2. The van der Waals surface area contributed by atoms with Crippen LogP contribution in [0.2, 0.25) is 0 Å². The van der Waals surface area contributed by atoms with Crippen LogP contribution in [0, 0.1) is 0 Å². The molecule has 0 aliphatic heterocycles. The van der Waals surface area contributed by atoms with Crippen LogP contribution in [0.1, 0.15) is 105 Å². The Morgan fingerprint density at radius 1 is 0.469 bits per heavy atom. The first-order chi connectivity index (χ1) is 14.3. The largest absolute Gasteiger partial charge is 0.519 e. The Morgan fingerprint density at radius 3 is 0.875 bits per heavy atom. The molecule has 0 aromatic heterocycles. The summed E-state index contributed by atoms with van der Waals surface area (Å²) in [6, 6.07) is 12.1. The predicted molar refractivity (Wildman–Crippen MR) is 134 cm³/mol. The number of benzene rings is 2. The molecule has 0 fully saturated rings. The maximum Gasteiger partial charge on any atom is 0.519 e. The molecule has 32 heavy (non-hydrogen) atoms. The Morgan fingerprint density at radius 2 is 0.688 bits per heavy atom. The van der Waals surface area contributed by atoms with Crippen molar-refractivity contribution in [1.29, 1.82) is 0 Å². The van der Waals surface area contributed by atoms with E-state index >= 15 is 0 Å². The minimum atomic E-state index is -0.721. The van der Waals surface area contributed by atoms with Gasteiger partial charge in [-0.1, -0.05) is 95.2 Å². The number of carbonyl (C=O) groups is 1. The van der Waals surface area contributed by atoms with Crippen molar-refractivity contribution < 1.29 is 14.3 Å². The normalized spacial score (nSPS) is 13.1. The van der Waals surface area contributed by atoms with E-state index in [1.165, 1.54) is 0 Å². The Labute approximate surface area is 195 Å². The maximum atomic E-state index is 12.8. The van der Waals surface area contributed by atoms with Crippen LogP contribution >= 0.6 is 0 Å². The van der Waals surface area contributed by atoms with Gasteiger partial charge in [-0.05, 0) is 68.2 Å². The third kappa shape index (κ3) is 6.85. The fourth-order valence-electron chi connectivity index (χ4n) is 3.26. The summed E-state index contributed by atoms with van der Waals surface area (Å²) in [5.74, 6) is 1.02. The molecule has 0 unspecified atom stereocenters. The fraction of sp³-hybridized carbons (Fsp3) is 0.552. The third-order valence-corrected chi connectivity index (χ3v) is 5.68. The van der Waals surface area contributed by atoms with Crippen molar-refractivity contribution in [2.45, 2.75) is 105 Å². The lowest BCUT2D eigenvalue weighted by molar-refractivity contribution is 0.151. The molecule has 0 N–H and O–H groups in total. The Balaban J connectivity index is 2.39. The number of hydrogen-bond acceptors (Lipinski definition) is 3. The number of hydrogen-bond donors (Lipinski definition) is 0. The van der Waals surface area contributed by atoms with Gasteiger partial charge >= 0.3 is 6.16 Å². The van der Waals surface area contributed by atoms with E-state index in [-0.39, 0.29) is 21.7 Å². The molecule has 0 spiro atoms. The van der Waals surface area contributed by atoms with Gasteiger partial charge in [0.05, 0.1) is 0 Å². The molecular formula is C29H42O3. The molecule has 0 aliphatic carbocycles. The van der Waals surface area contributed by atoms with Gasteiger partial charge in [0.2, 0.25) is 0 Å². The minimum absolute atomic E-state index is 0.0636. The Kier molecular flexibility index (Phi) is 6.96. The highest BCUT2D eigenvalue weighted by Gasteiger charge is 2.24. The lowest BCUT2D eigenvalue weighted by atomic mass is 9.80. The van der Waals surface area contributed by atoms with E-state index in [2.05, 4.69) is 95.2 Å². The van der Waals surface area contributed by atoms with Crippen molar-refractivity contribution >= 4 is 6.16 Å². The molecule has 0 heterocycles. The first-order valence-corrected chi connectivity index (χ1v) is 11.5. The molecule has 176 valence electrons. The van der Waals surface area contributed by atoms with Crippen LogP contribution in [0.15, 0.2) is 36.4 Å². The molecule has 0 bridgehead atoms. The van der Waals surface area contributed by atoms with E-state index in [0.717, 1.165) is 22.3 Å². The Bertz CT molecular complexity index is 827. The van der Waals surface area contributed by atoms with Gasteiger partial charge in [0.1, 0.15) is 11.5 Å². The van der Waals surface area contributed by atoms with Crippen molar-refractivity contribution in [2.75, 3.05) is 0 Å². The maximum absolute atomic E-state index is 12.8. The highest BCUT2D eigenvalue weighted by molar-refractivity contribution is 5.68. The topological polar surface area (TPSA) is 35.5 Å². The second-order valence-corrected chi connectivity index (χ2v) is 12.9. The number of carbonyl (C=O) groups excluding carboxylic acids is 1. The molecule has 0 radical (unpaired) electrons. The van der Waals surface area contributed by atoms with Crippen molar-refractivity contribution in [3.63, 3.8) is 0 Å². The summed E-state index contributed by atoms with van der Waals surface area (Å²) in [4.78, 5) is 12.8. The van der Waals surface area contributed by atoms with Crippen molar-refractivity contribution in [1.82, 2.24) is 0 Å². The summed E-state index contributed by atoms with van der Waals surface area (Å²) in [6.45, 7) is 25.9. The zero-order valence-electron chi connectivity index (χ0n) is 22.2. The van der Waals surface area contributed by atoms with Crippen molar-refractivity contribution in [2.24, 2.45) is 0 Å². The molecule has 2 rings (SSSR count). The van der Waals surface area contributed by atoms with E-state index in [1.807, 2.05) is 24.3 Å². The average molecular weight is 439 g/mol. The van der Waals surface area contributed by atoms with Crippen molar-refractivity contribution in [3.05, 3.63) is 58.7 Å². The van der Waals surface area contributed by atoms with Crippen LogP contribution in [0.5, 0.6) is 11.5 Å². The van der Waals surface area contributed by atoms with Gasteiger partial charge in [0.25, 0.3) is 0 Å². The second kappa shape index (κ2) is 8.57. The monoisotopic (exact) mass is 438 g/mol. The minimum Gasteiger partial charge on any atom is -0.395 e. The number of rotatable bonds is 2. The van der Waals surface area contributed by atoms with Gasteiger partial charge in [-0.2, -0.15) is 0 Å². The zero-order valence-corrected chi connectivity index (χ0v) is 22.2. The van der Waals surface area contributed by atoms with Crippen LogP contribution in [-0.2, 0) is 21.7 Å². The first-order valence-electron chi connectivity index (χ1n) is 11.5.